The third kappa shape index (κ3) is 3.52. The average molecular weight is 312 g/mol. The van der Waals surface area contributed by atoms with Gasteiger partial charge in [0.1, 0.15) is 6.04 Å². The third-order valence-electron chi connectivity index (χ3n) is 3.47. The number of likely N-dealkylation sites (N-methyl/N-ethyl adjacent to an activating group) is 1. The Kier molecular flexibility index (Phi) is 4.50. The summed E-state index contributed by atoms with van der Waals surface area (Å²) < 4.78 is 22.6. The molecule has 1 fully saturated rings. The predicted octanol–water partition coefficient (Wildman–Crippen LogP) is -0.800. The summed E-state index contributed by atoms with van der Waals surface area (Å²) in [5.74, 6) is 0.0118. The number of nitrogens with zero attached hydrogens (tertiary/aromatic N) is 2. The number of nitrogens with one attached hydrogen (secondary N) is 1. The maximum atomic E-state index is 12.2. The maximum Gasteiger partial charge on any atom is 0.246 e. The van der Waals surface area contributed by atoms with Crippen molar-refractivity contribution in [3.8, 4) is 0 Å². The molecule has 2 rings (SSSR count). The zero-order valence-corrected chi connectivity index (χ0v) is 12.9. The SMILES string of the molecule is CN(C)C(=O)C1CNCCN1c1ccc(S(N)(=O)=O)cc1. The van der Waals surface area contributed by atoms with Gasteiger partial charge in [0, 0.05) is 39.4 Å². The second-order valence-electron chi connectivity index (χ2n) is 5.18. The molecular formula is C13H20N4O3S. The highest BCUT2D eigenvalue weighted by atomic mass is 32.2. The number of carbonyl (C=O) groups excluding carboxylic acids is 1. The highest BCUT2D eigenvalue weighted by Gasteiger charge is 2.29. The molecule has 7 nitrogen and oxygen atoms in total. The van der Waals surface area contributed by atoms with E-state index in [1.54, 1.807) is 31.1 Å². The number of anilines is 1. The second kappa shape index (κ2) is 6.00. The average Bonchev–Trinajstić information content (AvgIpc) is 2.45. The van der Waals surface area contributed by atoms with Crippen LogP contribution in [0, 0.1) is 0 Å². The molecule has 1 aliphatic rings. The molecule has 1 heterocycles. The number of piperazine rings is 1. The number of hydrogen-bond acceptors (Lipinski definition) is 5. The van der Waals surface area contributed by atoms with Crippen molar-refractivity contribution in [1.82, 2.24) is 10.2 Å². The van der Waals surface area contributed by atoms with Crippen LogP contribution in [0.3, 0.4) is 0 Å². The summed E-state index contributed by atoms with van der Waals surface area (Å²) in [4.78, 5) is 15.8. The van der Waals surface area contributed by atoms with Gasteiger partial charge in [0.15, 0.2) is 0 Å². The minimum Gasteiger partial charge on any atom is -0.357 e. The molecule has 1 aliphatic heterocycles. The van der Waals surface area contributed by atoms with E-state index in [0.717, 1.165) is 12.2 Å². The van der Waals surface area contributed by atoms with Crippen molar-refractivity contribution < 1.29 is 13.2 Å². The Morgan fingerprint density at radius 1 is 1.33 bits per heavy atom. The smallest absolute Gasteiger partial charge is 0.246 e. The van der Waals surface area contributed by atoms with Crippen molar-refractivity contribution in [2.24, 2.45) is 5.14 Å². The molecule has 0 bridgehead atoms. The lowest BCUT2D eigenvalue weighted by atomic mass is 10.1. The fourth-order valence-corrected chi connectivity index (χ4v) is 2.87. The Morgan fingerprint density at radius 2 is 1.95 bits per heavy atom. The molecule has 0 saturated carbocycles. The van der Waals surface area contributed by atoms with E-state index < -0.39 is 10.0 Å². The normalized spacial score (nSPS) is 19.4. The second-order valence-corrected chi connectivity index (χ2v) is 6.75. The lowest BCUT2D eigenvalue weighted by molar-refractivity contribution is -0.130. The summed E-state index contributed by atoms with van der Waals surface area (Å²) in [7, 11) is -0.257. The summed E-state index contributed by atoms with van der Waals surface area (Å²) >= 11 is 0. The van der Waals surface area contributed by atoms with Gasteiger partial charge in [-0.05, 0) is 24.3 Å². The summed E-state index contributed by atoms with van der Waals surface area (Å²) in [6.45, 7) is 2.01. The molecule has 1 unspecified atom stereocenters. The minimum atomic E-state index is -3.70. The summed E-state index contributed by atoms with van der Waals surface area (Å²) in [5.41, 5.74) is 0.809. The molecule has 0 spiro atoms. The van der Waals surface area contributed by atoms with E-state index in [1.165, 1.54) is 12.1 Å². The van der Waals surface area contributed by atoms with Crippen LogP contribution in [0.4, 0.5) is 5.69 Å². The van der Waals surface area contributed by atoms with Crippen molar-refractivity contribution in [1.29, 1.82) is 0 Å². The number of benzene rings is 1. The molecule has 3 N–H and O–H groups in total. The molecule has 8 heteroatoms. The van der Waals surface area contributed by atoms with Gasteiger partial charge >= 0.3 is 0 Å². The first-order valence-electron chi connectivity index (χ1n) is 6.62. The van der Waals surface area contributed by atoms with Crippen molar-refractivity contribution in [2.45, 2.75) is 10.9 Å². The Labute approximate surface area is 124 Å². The number of carbonyl (C=O) groups is 1. The Bertz CT molecular complexity index is 613. The predicted molar refractivity (Wildman–Crippen MR) is 80.5 cm³/mol. The van der Waals surface area contributed by atoms with Gasteiger partial charge in [0.05, 0.1) is 4.90 Å². The first-order valence-corrected chi connectivity index (χ1v) is 8.17. The quantitative estimate of drug-likeness (QED) is 0.762. The molecule has 116 valence electrons. The van der Waals surface area contributed by atoms with E-state index >= 15 is 0 Å². The van der Waals surface area contributed by atoms with Crippen LogP contribution < -0.4 is 15.4 Å². The Hall–Kier alpha value is -1.64. The van der Waals surface area contributed by atoms with Gasteiger partial charge in [0.25, 0.3) is 0 Å². The van der Waals surface area contributed by atoms with Crippen LogP contribution in [0.2, 0.25) is 0 Å². The van der Waals surface area contributed by atoms with Crippen LogP contribution >= 0.6 is 0 Å². The van der Waals surface area contributed by atoms with E-state index in [9.17, 15) is 13.2 Å². The molecule has 1 aromatic carbocycles. The van der Waals surface area contributed by atoms with Gasteiger partial charge in [-0.3, -0.25) is 4.79 Å². The Morgan fingerprint density at radius 3 is 2.48 bits per heavy atom. The van der Waals surface area contributed by atoms with Crippen molar-refractivity contribution >= 4 is 21.6 Å². The lowest BCUT2D eigenvalue weighted by Gasteiger charge is -2.38. The van der Waals surface area contributed by atoms with E-state index in [1.807, 2.05) is 4.90 Å². The molecule has 1 saturated heterocycles. The lowest BCUT2D eigenvalue weighted by Crippen LogP contribution is -2.57. The summed E-state index contributed by atoms with van der Waals surface area (Å²) in [5, 5.41) is 8.29. The molecular weight excluding hydrogens is 292 g/mol. The fraction of sp³-hybridized carbons (Fsp3) is 0.462. The molecule has 21 heavy (non-hydrogen) atoms. The van der Waals surface area contributed by atoms with Gasteiger partial charge < -0.3 is 15.1 Å². The first kappa shape index (κ1) is 15.7. The van der Waals surface area contributed by atoms with Gasteiger partial charge in [-0.15, -0.1) is 0 Å². The number of primary sulfonamides is 1. The van der Waals surface area contributed by atoms with Crippen LogP contribution in [0.25, 0.3) is 0 Å². The van der Waals surface area contributed by atoms with E-state index in [4.69, 9.17) is 5.14 Å². The van der Waals surface area contributed by atoms with Gasteiger partial charge in [-0.1, -0.05) is 0 Å². The standard InChI is InChI=1S/C13H20N4O3S/c1-16(2)13(18)12-9-15-7-8-17(12)10-3-5-11(6-4-10)21(14,19)20/h3-6,12,15H,7-9H2,1-2H3,(H2,14,19,20). The molecule has 0 radical (unpaired) electrons. The van der Waals surface area contributed by atoms with E-state index in [-0.39, 0.29) is 16.8 Å². The minimum absolute atomic E-state index is 0.0118. The third-order valence-corrected chi connectivity index (χ3v) is 4.40. The zero-order valence-electron chi connectivity index (χ0n) is 12.1. The van der Waals surface area contributed by atoms with Gasteiger partial charge in [-0.25, -0.2) is 13.6 Å². The number of nitrogens with two attached hydrogens (primary N) is 1. The largest absolute Gasteiger partial charge is 0.357 e. The summed E-state index contributed by atoms with van der Waals surface area (Å²) in [6, 6.07) is 5.99. The van der Waals surface area contributed by atoms with E-state index in [0.29, 0.717) is 13.1 Å². The molecule has 0 aliphatic carbocycles. The monoisotopic (exact) mass is 312 g/mol. The molecule has 1 atom stereocenters. The van der Waals surface area contributed by atoms with Crippen molar-refractivity contribution in [2.75, 3.05) is 38.6 Å². The highest BCUT2D eigenvalue weighted by molar-refractivity contribution is 7.89. The molecule has 1 amide bonds. The number of amides is 1. The van der Waals surface area contributed by atoms with Crippen LogP contribution in [-0.2, 0) is 14.8 Å². The first-order chi connectivity index (χ1) is 9.80. The van der Waals surface area contributed by atoms with Crippen molar-refractivity contribution in [3.05, 3.63) is 24.3 Å². The van der Waals surface area contributed by atoms with Crippen LogP contribution in [0.5, 0.6) is 0 Å². The van der Waals surface area contributed by atoms with E-state index in [2.05, 4.69) is 5.32 Å². The highest BCUT2D eigenvalue weighted by Crippen LogP contribution is 2.21. The van der Waals surface area contributed by atoms with Crippen LogP contribution in [0.15, 0.2) is 29.2 Å². The zero-order chi connectivity index (χ0) is 15.6. The van der Waals surface area contributed by atoms with Crippen LogP contribution in [0.1, 0.15) is 0 Å². The number of rotatable bonds is 3. The van der Waals surface area contributed by atoms with Crippen molar-refractivity contribution in [3.63, 3.8) is 0 Å². The maximum absolute atomic E-state index is 12.2. The summed E-state index contributed by atoms with van der Waals surface area (Å²) in [6.07, 6.45) is 0. The van der Waals surface area contributed by atoms with Gasteiger partial charge in [0.2, 0.25) is 15.9 Å². The Balaban J connectivity index is 2.27. The van der Waals surface area contributed by atoms with Crippen LogP contribution in [-0.4, -0.2) is 59.0 Å². The molecule has 1 aromatic rings. The fourth-order valence-electron chi connectivity index (χ4n) is 2.36. The van der Waals surface area contributed by atoms with Gasteiger partial charge in [-0.2, -0.15) is 0 Å². The number of sulfonamides is 1. The molecule has 0 aromatic heterocycles. The number of hydrogen-bond donors (Lipinski definition) is 2. The topological polar surface area (TPSA) is 95.7 Å².